The normalized spacial score (nSPS) is 10.3. The molecule has 0 aliphatic carbocycles. The molecule has 0 fully saturated rings. The first-order valence-electron chi connectivity index (χ1n) is 6.86. The Kier molecular flexibility index (Phi) is 8.07. The van der Waals surface area contributed by atoms with Gasteiger partial charge in [-0.05, 0) is 37.6 Å². The molecule has 0 radical (unpaired) electrons. The number of nitrogens with one attached hydrogen (secondary N) is 1. The van der Waals surface area contributed by atoms with Crippen molar-refractivity contribution in [3.63, 3.8) is 0 Å². The maximum Gasteiger partial charge on any atom is 0.305 e. The molecule has 0 spiro atoms. The molecule has 4 nitrogen and oxygen atoms in total. The van der Waals surface area contributed by atoms with E-state index in [1.54, 1.807) is 6.07 Å². The Labute approximate surface area is 125 Å². The van der Waals surface area contributed by atoms with Crippen molar-refractivity contribution in [1.82, 2.24) is 5.32 Å². The molecule has 0 bridgehead atoms. The van der Waals surface area contributed by atoms with E-state index in [2.05, 4.69) is 17.0 Å². The molecule has 1 aromatic rings. The van der Waals surface area contributed by atoms with Crippen molar-refractivity contribution in [2.24, 2.45) is 0 Å². The highest BCUT2D eigenvalue weighted by Crippen LogP contribution is 2.23. The van der Waals surface area contributed by atoms with Crippen LogP contribution in [0.15, 0.2) is 18.2 Å². The maximum atomic E-state index is 11.0. The third-order valence-corrected chi connectivity index (χ3v) is 3.01. The lowest BCUT2D eigenvalue weighted by Gasteiger charge is -2.12. The van der Waals surface area contributed by atoms with Crippen LogP contribution < -0.4 is 10.1 Å². The van der Waals surface area contributed by atoms with Crippen molar-refractivity contribution < 1.29 is 14.3 Å². The van der Waals surface area contributed by atoms with Crippen molar-refractivity contribution in [2.45, 2.75) is 32.7 Å². The number of hydrogen-bond donors (Lipinski definition) is 1. The maximum absolute atomic E-state index is 11.0. The molecular formula is C15H22ClNO3. The van der Waals surface area contributed by atoms with Gasteiger partial charge in [0.25, 0.3) is 0 Å². The van der Waals surface area contributed by atoms with E-state index in [9.17, 15) is 4.79 Å². The van der Waals surface area contributed by atoms with E-state index in [-0.39, 0.29) is 5.97 Å². The van der Waals surface area contributed by atoms with E-state index in [1.807, 2.05) is 12.1 Å². The molecule has 20 heavy (non-hydrogen) atoms. The van der Waals surface area contributed by atoms with Crippen LogP contribution in [0.4, 0.5) is 0 Å². The smallest absolute Gasteiger partial charge is 0.305 e. The summed E-state index contributed by atoms with van der Waals surface area (Å²) in [5.41, 5.74) is 1.03. The largest absolute Gasteiger partial charge is 0.493 e. The average Bonchev–Trinajstić information content (AvgIpc) is 2.45. The highest BCUT2D eigenvalue weighted by Gasteiger charge is 2.06. The van der Waals surface area contributed by atoms with Crippen LogP contribution in [0, 0.1) is 0 Å². The number of esters is 1. The zero-order valence-corrected chi connectivity index (χ0v) is 12.8. The van der Waals surface area contributed by atoms with Crippen LogP contribution in [-0.2, 0) is 16.1 Å². The lowest BCUT2D eigenvalue weighted by atomic mass is 10.2. The van der Waals surface area contributed by atoms with Crippen molar-refractivity contribution >= 4 is 17.6 Å². The standard InChI is InChI=1S/C15H22ClNO3/c1-3-8-17-11-12-10-13(16)6-7-14(12)20-9-4-5-15(18)19-2/h6-7,10,17H,3-5,8-9,11H2,1-2H3. The van der Waals surface area contributed by atoms with Gasteiger partial charge in [-0.1, -0.05) is 18.5 Å². The van der Waals surface area contributed by atoms with Crippen LogP contribution >= 0.6 is 11.6 Å². The lowest BCUT2D eigenvalue weighted by Crippen LogP contribution is -2.15. The van der Waals surface area contributed by atoms with Crippen LogP contribution in [-0.4, -0.2) is 26.2 Å². The fourth-order valence-corrected chi connectivity index (χ4v) is 1.92. The molecule has 0 unspecified atom stereocenters. The molecule has 1 N–H and O–H groups in total. The molecule has 0 aliphatic rings. The summed E-state index contributed by atoms with van der Waals surface area (Å²) in [5.74, 6) is 0.595. The first-order chi connectivity index (χ1) is 9.67. The van der Waals surface area contributed by atoms with Crippen molar-refractivity contribution in [1.29, 1.82) is 0 Å². The molecule has 1 rings (SSSR count). The average molecular weight is 300 g/mol. The summed E-state index contributed by atoms with van der Waals surface area (Å²) in [5, 5.41) is 4.02. The van der Waals surface area contributed by atoms with Gasteiger partial charge in [0.1, 0.15) is 5.75 Å². The topological polar surface area (TPSA) is 47.6 Å². The number of benzene rings is 1. The van der Waals surface area contributed by atoms with Crippen LogP contribution in [0.25, 0.3) is 0 Å². The zero-order chi connectivity index (χ0) is 14.8. The van der Waals surface area contributed by atoms with Crippen LogP contribution in [0.2, 0.25) is 5.02 Å². The Balaban J connectivity index is 2.48. The third kappa shape index (κ3) is 6.26. The van der Waals surface area contributed by atoms with Gasteiger partial charge in [0.05, 0.1) is 13.7 Å². The molecule has 1 aromatic carbocycles. The third-order valence-electron chi connectivity index (χ3n) is 2.78. The first-order valence-corrected chi connectivity index (χ1v) is 7.24. The molecule has 0 atom stereocenters. The minimum atomic E-state index is -0.213. The quantitative estimate of drug-likeness (QED) is 0.562. The van der Waals surface area contributed by atoms with Gasteiger partial charge in [-0.3, -0.25) is 4.79 Å². The fraction of sp³-hybridized carbons (Fsp3) is 0.533. The second-order valence-electron chi connectivity index (χ2n) is 4.46. The van der Waals surface area contributed by atoms with Crippen LogP contribution in [0.1, 0.15) is 31.7 Å². The van der Waals surface area contributed by atoms with Crippen LogP contribution in [0.3, 0.4) is 0 Å². The monoisotopic (exact) mass is 299 g/mol. The molecule has 0 saturated heterocycles. The second-order valence-corrected chi connectivity index (χ2v) is 4.89. The first kappa shape index (κ1) is 16.8. The highest BCUT2D eigenvalue weighted by atomic mass is 35.5. The molecule has 0 saturated carbocycles. The van der Waals surface area contributed by atoms with E-state index in [1.165, 1.54) is 7.11 Å². The highest BCUT2D eigenvalue weighted by molar-refractivity contribution is 6.30. The van der Waals surface area contributed by atoms with Gasteiger partial charge in [-0.2, -0.15) is 0 Å². The van der Waals surface area contributed by atoms with Gasteiger partial charge in [0, 0.05) is 23.6 Å². The minimum Gasteiger partial charge on any atom is -0.493 e. The summed E-state index contributed by atoms with van der Waals surface area (Å²) >= 11 is 6.01. The Morgan fingerprint density at radius 1 is 1.40 bits per heavy atom. The predicted molar refractivity (Wildman–Crippen MR) is 80.2 cm³/mol. The Morgan fingerprint density at radius 2 is 2.20 bits per heavy atom. The molecule has 112 valence electrons. The Hall–Kier alpha value is -1.26. The Morgan fingerprint density at radius 3 is 2.90 bits per heavy atom. The molecule has 0 amide bonds. The number of methoxy groups -OCH3 is 1. The van der Waals surface area contributed by atoms with Gasteiger partial charge >= 0.3 is 5.97 Å². The van der Waals surface area contributed by atoms with Crippen LogP contribution in [0.5, 0.6) is 5.75 Å². The van der Waals surface area contributed by atoms with E-state index >= 15 is 0 Å². The Bertz CT molecular complexity index is 424. The van der Waals surface area contributed by atoms with E-state index in [0.29, 0.717) is 24.5 Å². The second kappa shape index (κ2) is 9.61. The number of carbonyl (C=O) groups excluding carboxylic acids is 1. The zero-order valence-electron chi connectivity index (χ0n) is 12.1. The molecule has 5 heteroatoms. The molecule has 0 heterocycles. The van der Waals surface area contributed by atoms with E-state index in [4.69, 9.17) is 16.3 Å². The number of ether oxygens (including phenoxy) is 2. The summed E-state index contributed by atoms with van der Waals surface area (Å²) in [6, 6.07) is 5.57. The molecule has 0 aromatic heterocycles. The minimum absolute atomic E-state index is 0.213. The summed E-state index contributed by atoms with van der Waals surface area (Å²) in [6.45, 7) is 4.28. The number of halogens is 1. The van der Waals surface area contributed by atoms with Gasteiger partial charge < -0.3 is 14.8 Å². The van der Waals surface area contributed by atoms with Crippen molar-refractivity contribution in [3.05, 3.63) is 28.8 Å². The lowest BCUT2D eigenvalue weighted by molar-refractivity contribution is -0.140. The SMILES string of the molecule is CCCNCc1cc(Cl)ccc1OCCCC(=O)OC. The summed E-state index contributed by atoms with van der Waals surface area (Å²) in [4.78, 5) is 11.0. The summed E-state index contributed by atoms with van der Waals surface area (Å²) < 4.78 is 10.3. The van der Waals surface area contributed by atoms with E-state index < -0.39 is 0 Å². The van der Waals surface area contributed by atoms with E-state index in [0.717, 1.165) is 30.8 Å². The summed E-state index contributed by atoms with van der Waals surface area (Å²) in [6.07, 6.45) is 2.08. The van der Waals surface area contributed by atoms with Gasteiger partial charge in [0.15, 0.2) is 0 Å². The fourth-order valence-electron chi connectivity index (χ4n) is 1.73. The van der Waals surface area contributed by atoms with Gasteiger partial charge in [-0.15, -0.1) is 0 Å². The number of carbonyl (C=O) groups is 1. The number of hydrogen-bond acceptors (Lipinski definition) is 4. The van der Waals surface area contributed by atoms with Crippen molar-refractivity contribution in [2.75, 3.05) is 20.3 Å². The van der Waals surface area contributed by atoms with Crippen molar-refractivity contribution in [3.8, 4) is 5.75 Å². The summed E-state index contributed by atoms with van der Waals surface area (Å²) in [7, 11) is 1.39. The number of rotatable bonds is 9. The van der Waals surface area contributed by atoms with Gasteiger partial charge in [0.2, 0.25) is 0 Å². The predicted octanol–water partition coefficient (Wildman–Crippen LogP) is 3.17. The van der Waals surface area contributed by atoms with Gasteiger partial charge in [-0.25, -0.2) is 0 Å². The molecular weight excluding hydrogens is 278 g/mol. The molecule has 0 aliphatic heterocycles.